The van der Waals surface area contributed by atoms with Gasteiger partial charge in [0, 0.05) is 11.8 Å². The van der Waals surface area contributed by atoms with Gasteiger partial charge in [-0.1, -0.05) is 0 Å². The lowest BCUT2D eigenvalue weighted by Gasteiger charge is -2.08. The summed E-state index contributed by atoms with van der Waals surface area (Å²) in [5, 5.41) is 12.8. The molecule has 0 aliphatic carbocycles. The first-order valence-corrected chi connectivity index (χ1v) is 5.24. The number of benzene rings is 2. The fourth-order valence-corrected chi connectivity index (χ4v) is 1.53. The third-order valence-electron chi connectivity index (χ3n) is 2.41. The fourth-order valence-electron chi connectivity index (χ4n) is 1.53. The molecule has 0 radical (unpaired) electrons. The molecule has 0 fully saturated rings. The molecule has 20 heavy (non-hydrogen) atoms. The van der Waals surface area contributed by atoms with Crippen LogP contribution in [0.4, 0.5) is 34.6 Å². The molecule has 2 aromatic carbocycles. The van der Waals surface area contributed by atoms with Crippen molar-refractivity contribution in [2.24, 2.45) is 0 Å². The van der Waals surface area contributed by atoms with Gasteiger partial charge in [0.2, 0.25) is 0 Å². The van der Waals surface area contributed by atoms with Gasteiger partial charge in [-0.15, -0.1) is 0 Å². The monoisotopic (exact) mass is 286 g/mol. The summed E-state index contributed by atoms with van der Waals surface area (Å²) in [5.74, 6) is -5.50. The molecule has 0 aliphatic heterocycles. The van der Waals surface area contributed by atoms with Crippen LogP contribution in [0.5, 0.6) is 0 Å². The van der Waals surface area contributed by atoms with Crippen LogP contribution in [0.3, 0.4) is 0 Å². The summed E-state index contributed by atoms with van der Waals surface area (Å²) in [5.41, 5.74) is -1.19. The van der Waals surface area contributed by atoms with Gasteiger partial charge in [0.25, 0.3) is 5.69 Å². The van der Waals surface area contributed by atoms with E-state index in [9.17, 15) is 27.7 Å². The lowest BCUT2D eigenvalue weighted by molar-refractivity contribution is -0.385. The van der Waals surface area contributed by atoms with E-state index in [-0.39, 0.29) is 5.69 Å². The van der Waals surface area contributed by atoms with E-state index in [1.807, 2.05) is 0 Å². The van der Waals surface area contributed by atoms with Gasteiger partial charge in [-0.25, -0.2) is 17.6 Å². The summed E-state index contributed by atoms with van der Waals surface area (Å²) in [6.07, 6.45) is 0. The zero-order chi connectivity index (χ0) is 14.9. The molecule has 1 N–H and O–H groups in total. The number of rotatable bonds is 3. The number of halogens is 4. The van der Waals surface area contributed by atoms with Crippen molar-refractivity contribution >= 4 is 17.1 Å². The Labute approximate surface area is 109 Å². The summed E-state index contributed by atoms with van der Waals surface area (Å²) in [6.45, 7) is 0. The number of nitro groups is 1. The van der Waals surface area contributed by atoms with Crippen LogP contribution in [0.1, 0.15) is 0 Å². The van der Waals surface area contributed by atoms with Crippen LogP contribution in [0.2, 0.25) is 0 Å². The summed E-state index contributed by atoms with van der Waals surface area (Å²) >= 11 is 0. The third kappa shape index (κ3) is 2.68. The summed E-state index contributed by atoms with van der Waals surface area (Å²) in [7, 11) is 0. The Hall–Kier alpha value is -2.64. The van der Waals surface area contributed by atoms with Crippen LogP contribution in [0, 0.1) is 33.4 Å². The maximum Gasteiger partial charge on any atom is 0.274 e. The number of hydrogen-bond donors (Lipinski definition) is 1. The van der Waals surface area contributed by atoms with Gasteiger partial charge in [0.1, 0.15) is 5.82 Å². The normalized spacial score (nSPS) is 10.4. The lowest BCUT2D eigenvalue weighted by atomic mass is 10.2. The molecule has 0 aliphatic rings. The molecule has 0 heterocycles. The van der Waals surface area contributed by atoms with E-state index >= 15 is 0 Å². The number of nitrogens with zero attached hydrogens (tertiary/aromatic N) is 1. The van der Waals surface area contributed by atoms with E-state index in [1.165, 1.54) is 0 Å². The van der Waals surface area contributed by atoms with Crippen molar-refractivity contribution in [2.45, 2.75) is 0 Å². The van der Waals surface area contributed by atoms with Crippen LogP contribution in [-0.4, -0.2) is 4.92 Å². The van der Waals surface area contributed by atoms with E-state index in [1.54, 1.807) is 0 Å². The number of anilines is 2. The van der Waals surface area contributed by atoms with Gasteiger partial charge < -0.3 is 5.32 Å². The maximum absolute atomic E-state index is 13.4. The van der Waals surface area contributed by atoms with E-state index in [0.717, 1.165) is 18.2 Å². The third-order valence-corrected chi connectivity index (χ3v) is 2.41. The Morgan fingerprint density at radius 3 is 2.35 bits per heavy atom. The van der Waals surface area contributed by atoms with E-state index in [0.29, 0.717) is 12.1 Å². The first-order chi connectivity index (χ1) is 9.38. The number of hydrogen-bond acceptors (Lipinski definition) is 3. The molecule has 104 valence electrons. The molecular weight excluding hydrogens is 280 g/mol. The Balaban J connectivity index is 2.40. The second-order valence-electron chi connectivity index (χ2n) is 3.80. The molecule has 4 nitrogen and oxygen atoms in total. The van der Waals surface area contributed by atoms with Gasteiger partial charge in [-0.2, -0.15) is 0 Å². The Bertz CT molecular complexity index is 691. The second kappa shape index (κ2) is 5.16. The minimum atomic E-state index is -1.69. The zero-order valence-electron chi connectivity index (χ0n) is 9.66. The Kier molecular flexibility index (Phi) is 3.55. The number of nitrogens with one attached hydrogen (secondary N) is 1. The summed E-state index contributed by atoms with van der Waals surface area (Å²) < 4.78 is 52.3. The molecule has 0 saturated heterocycles. The summed E-state index contributed by atoms with van der Waals surface area (Å²) in [6, 6.07) is 4.03. The number of non-ortho nitro benzene ring substituents is 1. The molecule has 0 saturated carbocycles. The standard InChI is InChI=1S/C12H6F4N2O2/c13-6-3-7(5-8(4-6)18(19)20)17-10-2-1-9(14)11(15)12(10)16/h1-5,17H. The largest absolute Gasteiger partial charge is 0.353 e. The highest BCUT2D eigenvalue weighted by Gasteiger charge is 2.15. The minimum Gasteiger partial charge on any atom is -0.353 e. The quantitative estimate of drug-likeness (QED) is 0.403. The van der Waals surface area contributed by atoms with Crippen molar-refractivity contribution in [3.8, 4) is 0 Å². The van der Waals surface area contributed by atoms with Crippen molar-refractivity contribution in [3.05, 3.63) is 63.7 Å². The topological polar surface area (TPSA) is 55.2 Å². The van der Waals surface area contributed by atoms with Crippen molar-refractivity contribution in [1.29, 1.82) is 0 Å². The van der Waals surface area contributed by atoms with Gasteiger partial charge >= 0.3 is 0 Å². The average Bonchev–Trinajstić information content (AvgIpc) is 2.39. The van der Waals surface area contributed by atoms with Crippen molar-refractivity contribution in [1.82, 2.24) is 0 Å². The molecule has 0 spiro atoms. The molecule has 0 bridgehead atoms. The van der Waals surface area contributed by atoms with Crippen molar-refractivity contribution in [3.63, 3.8) is 0 Å². The first-order valence-electron chi connectivity index (χ1n) is 5.24. The zero-order valence-corrected chi connectivity index (χ0v) is 9.66. The molecule has 0 atom stereocenters. The van der Waals surface area contributed by atoms with Gasteiger partial charge in [-0.05, 0) is 18.2 Å². The molecule has 0 unspecified atom stereocenters. The minimum absolute atomic E-state index is 0.165. The van der Waals surface area contributed by atoms with E-state index in [2.05, 4.69) is 5.32 Å². The highest BCUT2D eigenvalue weighted by atomic mass is 19.2. The smallest absolute Gasteiger partial charge is 0.274 e. The average molecular weight is 286 g/mol. The van der Waals surface area contributed by atoms with Crippen LogP contribution >= 0.6 is 0 Å². The predicted molar refractivity (Wildman–Crippen MR) is 62.7 cm³/mol. The molecule has 2 aromatic rings. The maximum atomic E-state index is 13.4. The van der Waals surface area contributed by atoms with E-state index < -0.39 is 39.6 Å². The van der Waals surface area contributed by atoms with Gasteiger partial charge in [0.15, 0.2) is 17.5 Å². The molecular formula is C12H6F4N2O2. The summed E-state index contributed by atoms with van der Waals surface area (Å²) in [4.78, 5) is 9.71. The fraction of sp³-hybridized carbons (Fsp3) is 0. The van der Waals surface area contributed by atoms with Crippen LogP contribution in [0.15, 0.2) is 30.3 Å². The lowest BCUT2D eigenvalue weighted by Crippen LogP contribution is -2.00. The molecule has 8 heteroatoms. The van der Waals surface area contributed by atoms with Crippen LogP contribution < -0.4 is 5.32 Å². The molecule has 2 rings (SSSR count). The highest BCUT2D eigenvalue weighted by molar-refractivity contribution is 5.63. The second-order valence-corrected chi connectivity index (χ2v) is 3.80. The number of nitro benzene ring substituents is 1. The van der Waals surface area contributed by atoms with Gasteiger partial charge in [0.05, 0.1) is 16.7 Å². The SMILES string of the molecule is O=[N+]([O-])c1cc(F)cc(Nc2ccc(F)c(F)c2F)c1. The molecule has 0 amide bonds. The highest BCUT2D eigenvalue weighted by Crippen LogP contribution is 2.26. The predicted octanol–water partition coefficient (Wildman–Crippen LogP) is 3.89. The molecule has 0 aromatic heterocycles. The Morgan fingerprint density at radius 2 is 1.70 bits per heavy atom. The van der Waals surface area contributed by atoms with Crippen LogP contribution in [0.25, 0.3) is 0 Å². The van der Waals surface area contributed by atoms with Gasteiger partial charge in [-0.3, -0.25) is 10.1 Å². The van der Waals surface area contributed by atoms with Crippen molar-refractivity contribution < 1.29 is 22.5 Å². The van der Waals surface area contributed by atoms with E-state index in [4.69, 9.17) is 0 Å². The van der Waals surface area contributed by atoms with Crippen LogP contribution in [-0.2, 0) is 0 Å². The first kappa shape index (κ1) is 13.8. The van der Waals surface area contributed by atoms with Crippen molar-refractivity contribution in [2.75, 3.05) is 5.32 Å². The Morgan fingerprint density at radius 1 is 1.00 bits per heavy atom.